The van der Waals surface area contributed by atoms with Crippen molar-refractivity contribution in [1.82, 2.24) is 14.5 Å². The highest BCUT2D eigenvalue weighted by Crippen LogP contribution is 2.29. The number of aromatic nitrogens is 3. The van der Waals surface area contributed by atoms with Crippen molar-refractivity contribution in [2.24, 2.45) is 7.05 Å². The Balaban J connectivity index is 1.68. The van der Waals surface area contributed by atoms with Gasteiger partial charge in [-0.15, -0.1) is 0 Å². The van der Waals surface area contributed by atoms with E-state index < -0.39 is 29.0 Å². The summed E-state index contributed by atoms with van der Waals surface area (Å²) >= 11 is 0. The highest BCUT2D eigenvalue weighted by molar-refractivity contribution is 5.81. The zero-order valence-electron chi connectivity index (χ0n) is 14.4. The second kappa shape index (κ2) is 6.84. The van der Waals surface area contributed by atoms with Crippen LogP contribution in [0.4, 0.5) is 29.2 Å². The quantitative estimate of drug-likeness (QED) is 0.302. The molecule has 0 unspecified atom stereocenters. The Morgan fingerprint density at radius 3 is 2.39 bits per heavy atom. The molecule has 0 atom stereocenters. The Labute approximate surface area is 156 Å². The van der Waals surface area contributed by atoms with E-state index in [1.54, 1.807) is 54.3 Å². The molecule has 142 valence electrons. The predicted octanol–water partition coefficient (Wildman–Crippen LogP) is 5.06. The fourth-order valence-electron chi connectivity index (χ4n) is 2.68. The normalized spacial score (nSPS) is 11.0. The van der Waals surface area contributed by atoms with Crippen LogP contribution in [0, 0.1) is 23.3 Å². The number of ether oxygens (including phenoxy) is 1. The topological polar surface area (TPSA) is 52.0 Å². The van der Waals surface area contributed by atoms with Crippen LogP contribution in [0.3, 0.4) is 0 Å². The Morgan fingerprint density at radius 2 is 1.64 bits per heavy atom. The first-order chi connectivity index (χ1) is 13.4. The van der Waals surface area contributed by atoms with Crippen molar-refractivity contribution in [3.8, 4) is 11.5 Å². The minimum absolute atomic E-state index is 0.111. The number of fused-ring (bicyclic) bond motifs is 1. The largest absolute Gasteiger partial charge is 0.457 e. The number of anilines is 2. The number of imidazole rings is 1. The summed E-state index contributed by atoms with van der Waals surface area (Å²) in [5, 5.41) is 2.49. The number of pyridine rings is 1. The first-order valence-corrected chi connectivity index (χ1v) is 8.08. The van der Waals surface area contributed by atoms with Crippen LogP contribution in [-0.2, 0) is 7.05 Å². The molecule has 2 aromatic carbocycles. The van der Waals surface area contributed by atoms with Gasteiger partial charge in [0, 0.05) is 31.6 Å². The number of rotatable bonds is 4. The molecule has 0 bridgehead atoms. The molecule has 0 saturated carbocycles. The third-order valence-corrected chi connectivity index (χ3v) is 4.09. The highest BCUT2D eigenvalue weighted by Gasteiger charge is 2.20. The molecule has 0 spiro atoms. The number of nitrogens with zero attached hydrogens (tertiary/aromatic N) is 3. The van der Waals surface area contributed by atoms with Crippen LogP contribution in [-0.4, -0.2) is 14.5 Å². The van der Waals surface area contributed by atoms with Crippen molar-refractivity contribution >= 4 is 22.7 Å². The van der Waals surface area contributed by atoms with Crippen LogP contribution >= 0.6 is 0 Å². The number of hydrogen-bond donors (Lipinski definition) is 1. The number of aryl methyl sites for hydroxylation is 1. The average molecular weight is 388 g/mol. The Morgan fingerprint density at radius 1 is 0.893 bits per heavy atom. The van der Waals surface area contributed by atoms with Crippen molar-refractivity contribution in [2.75, 3.05) is 5.32 Å². The summed E-state index contributed by atoms with van der Waals surface area (Å²) in [6.45, 7) is 0. The van der Waals surface area contributed by atoms with Crippen molar-refractivity contribution in [3.63, 3.8) is 0 Å². The average Bonchev–Trinajstić information content (AvgIpc) is 3.00. The number of hydrogen-bond acceptors (Lipinski definition) is 4. The Kier molecular flexibility index (Phi) is 4.34. The van der Waals surface area contributed by atoms with Gasteiger partial charge in [-0.05, 0) is 24.3 Å². The van der Waals surface area contributed by atoms with Gasteiger partial charge in [0.15, 0.2) is 23.3 Å². The first-order valence-electron chi connectivity index (χ1n) is 8.08. The van der Waals surface area contributed by atoms with E-state index in [0.717, 1.165) is 0 Å². The molecule has 0 amide bonds. The van der Waals surface area contributed by atoms with Gasteiger partial charge >= 0.3 is 0 Å². The van der Waals surface area contributed by atoms with Gasteiger partial charge in [0.1, 0.15) is 11.5 Å². The lowest BCUT2D eigenvalue weighted by atomic mass is 10.2. The molecule has 0 radical (unpaired) electrons. The lowest BCUT2D eigenvalue weighted by molar-refractivity contribution is 0.411. The Bertz CT molecular complexity index is 1180. The number of benzene rings is 2. The smallest absolute Gasteiger partial charge is 0.208 e. The maximum Gasteiger partial charge on any atom is 0.208 e. The van der Waals surface area contributed by atoms with Crippen molar-refractivity contribution in [3.05, 3.63) is 72.1 Å². The van der Waals surface area contributed by atoms with Gasteiger partial charge in [0.05, 0.1) is 16.7 Å². The van der Waals surface area contributed by atoms with Gasteiger partial charge in [-0.2, -0.15) is 0 Å². The Hall–Kier alpha value is -3.62. The number of nitrogens with one attached hydrogen (secondary N) is 1. The minimum atomic E-state index is -1.89. The van der Waals surface area contributed by atoms with Crippen LogP contribution < -0.4 is 10.1 Å². The van der Waals surface area contributed by atoms with Crippen LogP contribution in [0.5, 0.6) is 11.5 Å². The molecule has 0 saturated heterocycles. The van der Waals surface area contributed by atoms with Crippen LogP contribution in [0.25, 0.3) is 11.0 Å². The molecule has 0 aliphatic carbocycles. The highest BCUT2D eigenvalue weighted by atomic mass is 19.2. The fourth-order valence-corrected chi connectivity index (χ4v) is 2.68. The van der Waals surface area contributed by atoms with E-state index >= 15 is 0 Å². The zero-order chi connectivity index (χ0) is 19.8. The van der Waals surface area contributed by atoms with Gasteiger partial charge < -0.3 is 14.6 Å². The maximum atomic E-state index is 13.9. The molecule has 1 N–H and O–H groups in total. The van der Waals surface area contributed by atoms with Gasteiger partial charge in [-0.3, -0.25) is 4.98 Å². The summed E-state index contributed by atoms with van der Waals surface area (Å²) in [5.41, 5.74) is 0.594. The van der Waals surface area contributed by atoms with E-state index in [0.29, 0.717) is 28.6 Å². The first kappa shape index (κ1) is 17.8. The standard InChI is InChI=1S/C19H12F4N4O/c1-27-15-3-2-11(28-10-4-6-24-7-5-10)8-13(15)25-19(27)26-14-9-12(20)16(21)18(23)17(14)22/h2-9H,1H3,(H,25,26). The third kappa shape index (κ3) is 3.11. The van der Waals surface area contributed by atoms with Crippen LogP contribution in [0.1, 0.15) is 0 Å². The molecule has 4 rings (SSSR count). The minimum Gasteiger partial charge on any atom is -0.457 e. The zero-order valence-corrected chi connectivity index (χ0v) is 14.4. The van der Waals surface area contributed by atoms with Gasteiger partial charge in [-0.1, -0.05) is 0 Å². The fraction of sp³-hybridized carbons (Fsp3) is 0.0526. The number of halogens is 4. The summed E-state index contributed by atoms with van der Waals surface area (Å²) < 4.78 is 61.2. The molecule has 9 heteroatoms. The van der Waals surface area contributed by atoms with E-state index in [9.17, 15) is 17.6 Å². The molecular weight excluding hydrogens is 376 g/mol. The molecule has 4 aromatic rings. The second-order valence-corrected chi connectivity index (χ2v) is 5.90. The monoisotopic (exact) mass is 388 g/mol. The van der Waals surface area contributed by atoms with Gasteiger partial charge in [0.2, 0.25) is 5.95 Å². The van der Waals surface area contributed by atoms with Gasteiger partial charge in [-0.25, -0.2) is 22.5 Å². The summed E-state index contributed by atoms with van der Waals surface area (Å²) in [6.07, 6.45) is 3.18. The molecule has 0 fully saturated rings. The van der Waals surface area contributed by atoms with E-state index in [4.69, 9.17) is 4.74 Å². The van der Waals surface area contributed by atoms with Crippen LogP contribution in [0.2, 0.25) is 0 Å². The van der Waals surface area contributed by atoms with E-state index in [1.807, 2.05) is 0 Å². The molecular formula is C19H12F4N4O. The lowest BCUT2D eigenvalue weighted by Gasteiger charge is -2.09. The molecule has 28 heavy (non-hydrogen) atoms. The summed E-state index contributed by atoms with van der Waals surface area (Å²) in [4.78, 5) is 8.19. The summed E-state index contributed by atoms with van der Waals surface area (Å²) in [6, 6.07) is 9.01. The SMILES string of the molecule is Cn1c(Nc2cc(F)c(F)c(F)c2F)nc2cc(Oc3ccncc3)ccc21. The van der Waals surface area contributed by atoms with Crippen molar-refractivity contribution < 1.29 is 22.3 Å². The summed E-state index contributed by atoms with van der Waals surface area (Å²) in [7, 11) is 1.63. The predicted molar refractivity (Wildman–Crippen MR) is 94.6 cm³/mol. The summed E-state index contributed by atoms with van der Waals surface area (Å²) in [5.74, 6) is -5.60. The molecule has 2 heterocycles. The van der Waals surface area contributed by atoms with E-state index in [2.05, 4.69) is 15.3 Å². The maximum absolute atomic E-state index is 13.9. The van der Waals surface area contributed by atoms with Crippen molar-refractivity contribution in [1.29, 1.82) is 0 Å². The van der Waals surface area contributed by atoms with Crippen molar-refractivity contribution in [2.45, 2.75) is 0 Å². The van der Waals surface area contributed by atoms with E-state index in [1.165, 1.54) is 0 Å². The molecule has 2 aromatic heterocycles. The second-order valence-electron chi connectivity index (χ2n) is 5.90. The molecule has 0 aliphatic rings. The third-order valence-electron chi connectivity index (χ3n) is 4.09. The van der Waals surface area contributed by atoms with Crippen LogP contribution in [0.15, 0.2) is 48.8 Å². The molecule has 0 aliphatic heterocycles. The van der Waals surface area contributed by atoms with Gasteiger partial charge in [0.25, 0.3) is 0 Å². The lowest BCUT2D eigenvalue weighted by Crippen LogP contribution is -2.05. The van der Waals surface area contributed by atoms with E-state index in [-0.39, 0.29) is 5.95 Å². The molecule has 5 nitrogen and oxygen atoms in total.